The van der Waals surface area contributed by atoms with Crippen molar-refractivity contribution in [2.24, 2.45) is 23.5 Å². The van der Waals surface area contributed by atoms with Gasteiger partial charge in [-0.2, -0.15) is 0 Å². The van der Waals surface area contributed by atoms with Crippen LogP contribution in [-0.2, 0) is 0 Å². The molecule has 1 aromatic rings. The number of nitrogens with two attached hydrogens (primary N) is 1. The Balaban J connectivity index is 1.79. The predicted octanol–water partition coefficient (Wildman–Crippen LogP) is 3.91. The van der Waals surface area contributed by atoms with Crippen molar-refractivity contribution in [2.75, 3.05) is 0 Å². The maximum Gasteiger partial charge on any atom is 0.254 e. The molecule has 0 heterocycles. The lowest BCUT2D eigenvalue weighted by molar-refractivity contribution is 0.0611. The lowest BCUT2D eigenvalue weighted by Crippen LogP contribution is -2.24. The molecule has 6 heteroatoms. The van der Waals surface area contributed by atoms with Gasteiger partial charge < -0.3 is 5.73 Å². The van der Waals surface area contributed by atoms with Gasteiger partial charge in [0, 0.05) is 23.4 Å². The van der Waals surface area contributed by atoms with Gasteiger partial charge in [-0.3, -0.25) is 0 Å². The van der Waals surface area contributed by atoms with E-state index in [9.17, 15) is 17.6 Å². The Labute approximate surface area is 112 Å². The van der Waals surface area contributed by atoms with Crippen LogP contribution < -0.4 is 5.73 Å². The molecule has 1 aromatic carbocycles. The first-order chi connectivity index (χ1) is 8.84. The molecule has 2 N–H and O–H groups in total. The summed E-state index contributed by atoms with van der Waals surface area (Å²) in [6.45, 7) is 0. The van der Waals surface area contributed by atoms with Crippen molar-refractivity contribution < 1.29 is 17.6 Å². The standard InChI is InChI=1S/C13H12ClF4N/c14-10-9(15)2-1-6(11(10)16)12(19)5-3-7-8(4-5)13(7,17)18/h1-2,5,7-8,12H,3-4,19H2/t5?,7-,8+,12?. The van der Waals surface area contributed by atoms with Gasteiger partial charge in [-0.05, 0) is 24.8 Å². The number of alkyl halides is 2. The molecule has 0 radical (unpaired) electrons. The van der Waals surface area contributed by atoms with Gasteiger partial charge in [-0.25, -0.2) is 17.6 Å². The highest BCUT2D eigenvalue weighted by atomic mass is 35.5. The Kier molecular flexibility index (Phi) is 2.84. The van der Waals surface area contributed by atoms with E-state index < -0.39 is 40.5 Å². The molecule has 0 amide bonds. The Morgan fingerprint density at radius 3 is 2.37 bits per heavy atom. The molecule has 2 saturated carbocycles. The highest BCUT2D eigenvalue weighted by Crippen LogP contribution is 2.67. The van der Waals surface area contributed by atoms with E-state index >= 15 is 0 Å². The molecule has 0 bridgehead atoms. The molecule has 2 aliphatic carbocycles. The number of hydrogen-bond donors (Lipinski definition) is 1. The summed E-state index contributed by atoms with van der Waals surface area (Å²) < 4.78 is 53.1. The molecule has 0 aliphatic heterocycles. The summed E-state index contributed by atoms with van der Waals surface area (Å²) in [4.78, 5) is 0. The third-order valence-electron chi connectivity index (χ3n) is 4.41. The molecule has 0 spiro atoms. The van der Waals surface area contributed by atoms with E-state index in [1.165, 1.54) is 6.07 Å². The second kappa shape index (κ2) is 4.09. The van der Waals surface area contributed by atoms with Crippen molar-refractivity contribution in [1.82, 2.24) is 0 Å². The monoisotopic (exact) mass is 293 g/mol. The van der Waals surface area contributed by atoms with E-state index in [1.54, 1.807) is 0 Å². The second-order valence-corrected chi connectivity index (χ2v) is 5.79. The van der Waals surface area contributed by atoms with Crippen LogP contribution in [0.3, 0.4) is 0 Å². The van der Waals surface area contributed by atoms with E-state index in [2.05, 4.69) is 0 Å². The van der Waals surface area contributed by atoms with Gasteiger partial charge in [0.15, 0.2) is 0 Å². The van der Waals surface area contributed by atoms with Crippen molar-refractivity contribution in [2.45, 2.75) is 24.8 Å². The molecule has 1 nitrogen and oxygen atoms in total. The summed E-state index contributed by atoms with van der Waals surface area (Å²) >= 11 is 5.49. The molecule has 2 fully saturated rings. The molecule has 0 aromatic heterocycles. The summed E-state index contributed by atoms with van der Waals surface area (Å²) in [6, 6.07) is 1.57. The zero-order valence-corrected chi connectivity index (χ0v) is 10.6. The van der Waals surface area contributed by atoms with Crippen LogP contribution in [0.2, 0.25) is 5.02 Å². The fourth-order valence-corrected chi connectivity index (χ4v) is 3.37. The quantitative estimate of drug-likeness (QED) is 0.649. The fourth-order valence-electron chi connectivity index (χ4n) is 3.20. The molecule has 4 atom stereocenters. The van der Waals surface area contributed by atoms with E-state index in [0.29, 0.717) is 0 Å². The van der Waals surface area contributed by atoms with Crippen LogP contribution >= 0.6 is 11.6 Å². The van der Waals surface area contributed by atoms with Crippen LogP contribution in [0.15, 0.2) is 12.1 Å². The van der Waals surface area contributed by atoms with E-state index in [0.717, 1.165) is 6.07 Å². The van der Waals surface area contributed by atoms with Crippen molar-refractivity contribution in [3.63, 3.8) is 0 Å². The van der Waals surface area contributed by atoms with Gasteiger partial charge in [0.25, 0.3) is 5.92 Å². The zero-order valence-electron chi connectivity index (χ0n) is 9.85. The lowest BCUT2D eigenvalue weighted by atomic mass is 9.89. The number of benzene rings is 1. The molecule has 3 rings (SSSR count). The summed E-state index contributed by atoms with van der Waals surface area (Å²) in [7, 11) is 0. The first kappa shape index (κ1) is 13.2. The van der Waals surface area contributed by atoms with Crippen molar-refractivity contribution >= 4 is 11.6 Å². The summed E-state index contributed by atoms with van der Waals surface area (Å²) in [6.07, 6.45) is 0.570. The third-order valence-corrected chi connectivity index (χ3v) is 4.76. The minimum absolute atomic E-state index is 0.0982. The van der Waals surface area contributed by atoms with Crippen LogP contribution in [-0.4, -0.2) is 5.92 Å². The first-order valence-electron chi connectivity index (χ1n) is 6.10. The lowest BCUT2D eigenvalue weighted by Gasteiger charge is -2.23. The Morgan fingerprint density at radius 2 is 1.79 bits per heavy atom. The average molecular weight is 294 g/mol. The van der Waals surface area contributed by atoms with E-state index in [4.69, 9.17) is 17.3 Å². The Morgan fingerprint density at radius 1 is 1.21 bits per heavy atom. The third kappa shape index (κ3) is 1.86. The normalized spacial score (nSPS) is 33.1. The van der Waals surface area contributed by atoms with E-state index in [-0.39, 0.29) is 24.3 Å². The highest BCUT2D eigenvalue weighted by Gasteiger charge is 2.71. The maximum atomic E-state index is 13.8. The van der Waals surface area contributed by atoms with Gasteiger partial charge in [0.2, 0.25) is 0 Å². The van der Waals surface area contributed by atoms with Gasteiger partial charge in [0.05, 0.1) is 0 Å². The minimum atomic E-state index is -2.57. The Hall–Kier alpha value is -0.810. The second-order valence-electron chi connectivity index (χ2n) is 5.41. The highest BCUT2D eigenvalue weighted by molar-refractivity contribution is 6.30. The SMILES string of the molecule is NC(c1ccc(F)c(Cl)c1F)C1C[C@@H]2[C@H](C1)C2(F)F. The van der Waals surface area contributed by atoms with Crippen molar-refractivity contribution in [3.05, 3.63) is 34.4 Å². The van der Waals surface area contributed by atoms with E-state index in [1.807, 2.05) is 0 Å². The van der Waals surface area contributed by atoms with Crippen molar-refractivity contribution in [3.8, 4) is 0 Å². The molecule has 2 unspecified atom stereocenters. The number of rotatable bonds is 2. The largest absolute Gasteiger partial charge is 0.324 e. The molecule has 104 valence electrons. The average Bonchev–Trinajstić information content (AvgIpc) is 2.77. The predicted molar refractivity (Wildman–Crippen MR) is 62.9 cm³/mol. The van der Waals surface area contributed by atoms with Gasteiger partial charge in [-0.1, -0.05) is 17.7 Å². The fraction of sp³-hybridized carbons (Fsp3) is 0.538. The first-order valence-corrected chi connectivity index (χ1v) is 6.48. The maximum absolute atomic E-state index is 13.8. The molecule has 0 saturated heterocycles. The van der Waals surface area contributed by atoms with Gasteiger partial charge in [-0.15, -0.1) is 0 Å². The molecule has 2 aliphatic rings. The van der Waals surface area contributed by atoms with Gasteiger partial charge >= 0.3 is 0 Å². The van der Waals surface area contributed by atoms with Crippen LogP contribution in [0.5, 0.6) is 0 Å². The van der Waals surface area contributed by atoms with Crippen molar-refractivity contribution in [1.29, 1.82) is 0 Å². The summed E-state index contributed by atoms with van der Waals surface area (Å²) in [5.41, 5.74) is 6.02. The van der Waals surface area contributed by atoms with Crippen LogP contribution in [0.1, 0.15) is 24.4 Å². The topological polar surface area (TPSA) is 26.0 Å². The van der Waals surface area contributed by atoms with Crippen LogP contribution in [0.25, 0.3) is 0 Å². The number of fused-ring (bicyclic) bond motifs is 1. The summed E-state index contributed by atoms with van der Waals surface area (Å²) in [5.74, 6) is -5.76. The number of halogens is 5. The van der Waals surface area contributed by atoms with Crippen LogP contribution in [0.4, 0.5) is 17.6 Å². The molecule has 19 heavy (non-hydrogen) atoms. The molecular formula is C13H12ClF4N. The number of hydrogen-bond acceptors (Lipinski definition) is 1. The molecular weight excluding hydrogens is 282 g/mol. The smallest absolute Gasteiger partial charge is 0.254 e. The summed E-state index contributed by atoms with van der Waals surface area (Å²) in [5, 5.41) is -0.596. The Bertz CT molecular complexity index is 520. The van der Waals surface area contributed by atoms with Gasteiger partial charge in [0.1, 0.15) is 16.7 Å². The minimum Gasteiger partial charge on any atom is -0.324 e. The zero-order chi connectivity index (χ0) is 13.9. The van der Waals surface area contributed by atoms with Crippen LogP contribution in [0, 0.1) is 29.4 Å².